The van der Waals surface area contributed by atoms with Crippen LogP contribution < -0.4 is 10.1 Å². The van der Waals surface area contributed by atoms with Crippen molar-refractivity contribution in [3.05, 3.63) is 28.8 Å². The maximum absolute atomic E-state index is 11.4. The predicted octanol–water partition coefficient (Wildman–Crippen LogP) is 2.30. The largest absolute Gasteiger partial charge is 0.482 e. The van der Waals surface area contributed by atoms with Gasteiger partial charge in [0.2, 0.25) is 0 Å². The summed E-state index contributed by atoms with van der Waals surface area (Å²) in [6.07, 6.45) is 0.699. The number of hydrogen-bond acceptors (Lipinski definition) is 3. The number of ether oxygens (including phenoxy) is 1. The molecule has 0 aliphatic carbocycles. The van der Waals surface area contributed by atoms with Crippen molar-refractivity contribution < 1.29 is 14.3 Å². The molecule has 0 heterocycles. The molecule has 1 N–H and O–H groups in total. The van der Waals surface area contributed by atoms with Crippen LogP contribution in [0.25, 0.3) is 0 Å². The van der Waals surface area contributed by atoms with Crippen molar-refractivity contribution in [3.63, 3.8) is 0 Å². The van der Waals surface area contributed by atoms with Gasteiger partial charge in [0.05, 0.1) is 5.02 Å². The van der Waals surface area contributed by atoms with Crippen LogP contribution >= 0.6 is 11.6 Å². The Morgan fingerprint density at radius 1 is 1.50 bits per heavy atom. The Hall–Kier alpha value is -1.55. The smallest absolute Gasteiger partial charge is 0.257 e. The highest BCUT2D eigenvalue weighted by atomic mass is 35.5. The molecule has 0 bridgehead atoms. The SMILES string of the molecule is CC(C)CNC(=O)COc1ccc(C=O)cc1Cl. The molecule has 0 aromatic heterocycles. The van der Waals surface area contributed by atoms with Crippen molar-refractivity contribution in [2.75, 3.05) is 13.2 Å². The van der Waals surface area contributed by atoms with Gasteiger partial charge in [-0.2, -0.15) is 0 Å². The average Bonchev–Trinajstić information content (AvgIpc) is 2.34. The molecule has 0 aliphatic heterocycles. The van der Waals surface area contributed by atoms with Crippen LogP contribution in [0, 0.1) is 5.92 Å². The Labute approximate surface area is 111 Å². The van der Waals surface area contributed by atoms with E-state index in [4.69, 9.17) is 16.3 Å². The first-order valence-electron chi connectivity index (χ1n) is 5.67. The Morgan fingerprint density at radius 2 is 2.22 bits per heavy atom. The minimum atomic E-state index is -0.195. The second kappa shape index (κ2) is 7.01. The number of amides is 1. The molecule has 1 aromatic carbocycles. The number of hydrogen-bond donors (Lipinski definition) is 1. The van der Waals surface area contributed by atoms with Gasteiger partial charge in [0.25, 0.3) is 5.91 Å². The van der Waals surface area contributed by atoms with Gasteiger partial charge < -0.3 is 10.1 Å². The van der Waals surface area contributed by atoms with E-state index in [0.29, 0.717) is 35.1 Å². The van der Waals surface area contributed by atoms with Crippen LogP contribution in [0.1, 0.15) is 24.2 Å². The Morgan fingerprint density at radius 3 is 2.78 bits per heavy atom. The quantitative estimate of drug-likeness (QED) is 0.806. The first kappa shape index (κ1) is 14.5. The summed E-state index contributed by atoms with van der Waals surface area (Å²) in [5.41, 5.74) is 0.469. The van der Waals surface area contributed by atoms with Crippen molar-refractivity contribution in [1.29, 1.82) is 0 Å². The second-order valence-corrected chi connectivity index (χ2v) is 4.70. The van der Waals surface area contributed by atoms with Crippen LogP contribution in [0.5, 0.6) is 5.75 Å². The van der Waals surface area contributed by atoms with Crippen LogP contribution in [0.2, 0.25) is 5.02 Å². The molecule has 0 spiro atoms. The first-order valence-corrected chi connectivity index (χ1v) is 6.05. The van der Waals surface area contributed by atoms with Crippen LogP contribution in [-0.4, -0.2) is 25.3 Å². The molecule has 0 atom stereocenters. The van der Waals surface area contributed by atoms with E-state index >= 15 is 0 Å². The van der Waals surface area contributed by atoms with Crippen LogP contribution in [-0.2, 0) is 4.79 Å². The highest BCUT2D eigenvalue weighted by molar-refractivity contribution is 6.32. The topological polar surface area (TPSA) is 55.4 Å². The highest BCUT2D eigenvalue weighted by Gasteiger charge is 2.06. The molecule has 98 valence electrons. The van der Waals surface area contributed by atoms with Crippen LogP contribution in [0.3, 0.4) is 0 Å². The lowest BCUT2D eigenvalue weighted by Crippen LogP contribution is -2.31. The monoisotopic (exact) mass is 269 g/mol. The molecule has 4 nitrogen and oxygen atoms in total. The molecular formula is C13H16ClNO3. The molecule has 0 saturated heterocycles. The summed E-state index contributed by atoms with van der Waals surface area (Å²) in [4.78, 5) is 21.9. The fourth-order valence-corrected chi connectivity index (χ4v) is 1.46. The zero-order chi connectivity index (χ0) is 13.5. The van der Waals surface area contributed by atoms with Crippen molar-refractivity contribution in [2.45, 2.75) is 13.8 Å². The number of carbonyl (C=O) groups is 2. The van der Waals surface area contributed by atoms with E-state index in [2.05, 4.69) is 5.32 Å². The molecule has 18 heavy (non-hydrogen) atoms. The van der Waals surface area contributed by atoms with Gasteiger partial charge in [-0.15, -0.1) is 0 Å². The van der Waals surface area contributed by atoms with E-state index in [0.717, 1.165) is 0 Å². The molecule has 1 aromatic rings. The standard InChI is InChI=1S/C13H16ClNO3/c1-9(2)6-15-13(17)8-18-12-4-3-10(7-16)5-11(12)14/h3-5,7,9H,6,8H2,1-2H3,(H,15,17). The van der Waals surface area contributed by atoms with E-state index in [1.165, 1.54) is 6.07 Å². The minimum absolute atomic E-state index is 0.0904. The molecule has 1 amide bonds. The zero-order valence-electron chi connectivity index (χ0n) is 10.4. The summed E-state index contributed by atoms with van der Waals surface area (Å²) in [6, 6.07) is 4.65. The number of benzene rings is 1. The molecule has 0 unspecified atom stereocenters. The molecule has 0 radical (unpaired) electrons. The fourth-order valence-electron chi connectivity index (χ4n) is 1.22. The zero-order valence-corrected chi connectivity index (χ0v) is 11.2. The van der Waals surface area contributed by atoms with Gasteiger partial charge in [-0.3, -0.25) is 9.59 Å². The maximum Gasteiger partial charge on any atom is 0.257 e. The van der Waals surface area contributed by atoms with Gasteiger partial charge in [0.1, 0.15) is 12.0 Å². The Bertz CT molecular complexity index is 432. The van der Waals surface area contributed by atoms with Gasteiger partial charge in [0, 0.05) is 12.1 Å². The summed E-state index contributed by atoms with van der Waals surface area (Å²) in [5, 5.41) is 3.05. The molecule has 0 saturated carbocycles. The summed E-state index contributed by atoms with van der Waals surface area (Å²) >= 11 is 5.90. The van der Waals surface area contributed by atoms with E-state index in [9.17, 15) is 9.59 Å². The summed E-state index contributed by atoms with van der Waals surface area (Å²) in [7, 11) is 0. The molecule has 1 rings (SSSR count). The second-order valence-electron chi connectivity index (χ2n) is 4.29. The molecular weight excluding hydrogens is 254 g/mol. The van der Waals surface area contributed by atoms with E-state index < -0.39 is 0 Å². The Kier molecular flexibility index (Phi) is 5.65. The maximum atomic E-state index is 11.4. The highest BCUT2D eigenvalue weighted by Crippen LogP contribution is 2.24. The van der Waals surface area contributed by atoms with Gasteiger partial charge in [0.15, 0.2) is 6.61 Å². The molecule has 0 aliphatic rings. The van der Waals surface area contributed by atoms with Crippen molar-refractivity contribution in [2.24, 2.45) is 5.92 Å². The lowest BCUT2D eigenvalue weighted by atomic mass is 10.2. The van der Waals surface area contributed by atoms with E-state index in [1.54, 1.807) is 12.1 Å². The number of carbonyl (C=O) groups excluding carboxylic acids is 2. The predicted molar refractivity (Wildman–Crippen MR) is 70.2 cm³/mol. The third kappa shape index (κ3) is 4.75. The van der Waals surface area contributed by atoms with Crippen LogP contribution in [0.15, 0.2) is 18.2 Å². The number of nitrogens with one attached hydrogen (secondary N) is 1. The van der Waals surface area contributed by atoms with Gasteiger partial charge in [-0.25, -0.2) is 0 Å². The van der Waals surface area contributed by atoms with Gasteiger partial charge in [-0.1, -0.05) is 25.4 Å². The minimum Gasteiger partial charge on any atom is -0.482 e. The Balaban J connectivity index is 2.48. The molecule has 5 heteroatoms. The first-order chi connectivity index (χ1) is 8.52. The lowest BCUT2D eigenvalue weighted by Gasteiger charge is -2.10. The van der Waals surface area contributed by atoms with Crippen molar-refractivity contribution in [1.82, 2.24) is 5.32 Å². The van der Waals surface area contributed by atoms with Gasteiger partial charge >= 0.3 is 0 Å². The van der Waals surface area contributed by atoms with E-state index in [-0.39, 0.29) is 12.5 Å². The summed E-state index contributed by atoms with van der Waals surface area (Å²) in [6.45, 7) is 4.54. The summed E-state index contributed by atoms with van der Waals surface area (Å²) in [5.74, 6) is 0.589. The number of aldehydes is 1. The number of rotatable bonds is 6. The third-order valence-electron chi connectivity index (χ3n) is 2.16. The van der Waals surface area contributed by atoms with E-state index in [1.807, 2.05) is 13.8 Å². The third-order valence-corrected chi connectivity index (χ3v) is 2.45. The lowest BCUT2D eigenvalue weighted by molar-refractivity contribution is -0.123. The number of halogens is 1. The molecule has 0 fully saturated rings. The van der Waals surface area contributed by atoms with Gasteiger partial charge in [-0.05, 0) is 24.1 Å². The summed E-state index contributed by atoms with van der Waals surface area (Å²) < 4.78 is 5.27. The van der Waals surface area contributed by atoms with Crippen molar-refractivity contribution in [3.8, 4) is 5.75 Å². The normalized spacial score (nSPS) is 10.2. The average molecular weight is 270 g/mol. The van der Waals surface area contributed by atoms with Crippen molar-refractivity contribution >= 4 is 23.8 Å². The fraction of sp³-hybridized carbons (Fsp3) is 0.385. The van der Waals surface area contributed by atoms with Crippen LogP contribution in [0.4, 0.5) is 0 Å².